The Hall–Kier alpha value is -2.19. The molecule has 0 aliphatic carbocycles. The molecule has 1 atom stereocenters. The molecule has 25 heavy (non-hydrogen) atoms. The van der Waals surface area contributed by atoms with Crippen LogP contribution in [0.2, 0.25) is 0 Å². The van der Waals surface area contributed by atoms with Gasteiger partial charge >= 0.3 is 0 Å². The van der Waals surface area contributed by atoms with Crippen molar-refractivity contribution < 1.29 is 9.59 Å². The normalized spacial score (nSPS) is 19.8. The highest BCUT2D eigenvalue weighted by atomic mass is 16.2. The van der Waals surface area contributed by atoms with Crippen molar-refractivity contribution in [3.63, 3.8) is 0 Å². The van der Waals surface area contributed by atoms with E-state index in [4.69, 9.17) is 0 Å². The average molecular weight is 346 g/mol. The predicted molar refractivity (Wildman–Crippen MR) is 94.1 cm³/mol. The summed E-state index contributed by atoms with van der Waals surface area (Å²) >= 11 is 0. The Morgan fingerprint density at radius 2 is 2.24 bits per heavy atom. The van der Waals surface area contributed by atoms with Crippen LogP contribution in [0.4, 0.5) is 0 Å². The molecule has 0 saturated carbocycles. The number of aryl methyl sites for hydroxylation is 1. The van der Waals surface area contributed by atoms with Crippen molar-refractivity contribution in [2.24, 2.45) is 0 Å². The minimum Gasteiger partial charge on any atom is -0.349 e. The van der Waals surface area contributed by atoms with Gasteiger partial charge in [-0.2, -0.15) is 5.10 Å². The van der Waals surface area contributed by atoms with Crippen molar-refractivity contribution in [1.29, 1.82) is 0 Å². The highest BCUT2D eigenvalue weighted by molar-refractivity contribution is 5.92. The largest absolute Gasteiger partial charge is 0.349 e. The fourth-order valence-corrected chi connectivity index (χ4v) is 3.08. The van der Waals surface area contributed by atoms with Gasteiger partial charge in [0.15, 0.2) is 5.69 Å². The number of carbonyl (C=O) groups excluding carboxylic acids is 2. The van der Waals surface area contributed by atoms with Gasteiger partial charge in [0.25, 0.3) is 5.91 Å². The van der Waals surface area contributed by atoms with E-state index in [9.17, 15) is 9.59 Å². The maximum atomic E-state index is 12.6. The third-order valence-corrected chi connectivity index (χ3v) is 4.45. The van der Waals surface area contributed by atoms with Crippen LogP contribution in [0.15, 0.2) is 18.2 Å². The van der Waals surface area contributed by atoms with E-state index in [0.717, 1.165) is 31.7 Å². The summed E-state index contributed by atoms with van der Waals surface area (Å²) in [6.45, 7) is 4.01. The molecule has 0 bridgehead atoms. The Kier molecular flexibility index (Phi) is 5.50. The molecule has 8 heteroatoms. The Bertz CT molecular complexity index is 666. The molecule has 3 heterocycles. The molecule has 0 saturated heterocycles. The summed E-state index contributed by atoms with van der Waals surface area (Å²) in [5.41, 5.74) is 1.33. The van der Waals surface area contributed by atoms with Crippen LogP contribution in [-0.2, 0) is 17.9 Å². The van der Waals surface area contributed by atoms with Gasteiger partial charge in [-0.25, -0.2) is 0 Å². The number of amides is 2. The third-order valence-electron chi connectivity index (χ3n) is 4.45. The summed E-state index contributed by atoms with van der Waals surface area (Å²) in [4.78, 5) is 28.7. The highest BCUT2D eigenvalue weighted by Gasteiger charge is 2.27. The zero-order chi connectivity index (χ0) is 17.8. The average Bonchev–Trinajstić information content (AvgIpc) is 3.20. The molecule has 0 aromatic carbocycles. The van der Waals surface area contributed by atoms with Crippen molar-refractivity contribution in [2.75, 3.05) is 40.3 Å². The molecule has 0 radical (unpaired) electrons. The van der Waals surface area contributed by atoms with Crippen LogP contribution in [0.25, 0.3) is 0 Å². The quantitative estimate of drug-likeness (QED) is 0.698. The highest BCUT2D eigenvalue weighted by Crippen LogP contribution is 2.15. The molecule has 136 valence electrons. The van der Waals surface area contributed by atoms with E-state index >= 15 is 0 Å². The molecule has 0 spiro atoms. The third kappa shape index (κ3) is 4.26. The number of aromatic nitrogens is 2. The van der Waals surface area contributed by atoms with Crippen LogP contribution in [-0.4, -0.2) is 77.7 Å². The van der Waals surface area contributed by atoms with Gasteiger partial charge in [-0.3, -0.25) is 19.6 Å². The summed E-state index contributed by atoms with van der Waals surface area (Å²) in [6.07, 6.45) is 4.72. The van der Waals surface area contributed by atoms with E-state index in [1.54, 1.807) is 6.07 Å². The first-order chi connectivity index (χ1) is 12.0. The molecular weight excluding hydrogens is 320 g/mol. The Balaban J connectivity index is 1.65. The van der Waals surface area contributed by atoms with E-state index in [1.807, 2.05) is 40.7 Å². The number of rotatable bonds is 5. The molecule has 1 unspecified atom stereocenters. The summed E-state index contributed by atoms with van der Waals surface area (Å²) < 4.78 is 1.85. The number of nitrogens with zero attached hydrogens (tertiary/aromatic N) is 4. The Morgan fingerprint density at radius 1 is 1.40 bits per heavy atom. The van der Waals surface area contributed by atoms with E-state index in [-0.39, 0.29) is 17.9 Å². The fourth-order valence-electron chi connectivity index (χ4n) is 3.08. The van der Waals surface area contributed by atoms with Crippen molar-refractivity contribution in [1.82, 2.24) is 30.2 Å². The maximum Gasteiger partial charge on any atom is 0.271 e. The first-order valence-corrected chi connectivity index (χ1v) is 8.73. The molecule has 1 aromatic heterocycles. The zero-order valence-electron chi connectivity index (χ0n) is 14.9. The summed E-state index contributed by atoms with van der Waals surface area (Å²) in [7, 11) is 3.93. The molecule has 2 aliphatic heterocycles. The van der Waals surface area contributed by atoms with E-state index in [0.29, 0.717) is 25.3 Å². The first kappa shape index (κ1) is 17.6. The van der Waals surface area contributed by atoms with Crippen molar-refractivity contribution in [2.45, 2.75) is 25.6 Å². The summed E-state index contributed by atoms with van der Waals surface area (Å²) in [5.74, 6) is -0.0823. The number of likely N-dealkylation sites (N-methyl/N-ethyl adjacent to an activating group) is 1. The molecule has 2 amide bonds. The molecule has 1 aromatic rings. The van der Waals surface area contributed by atoms with Gasteiger partial charge in [0, 0.05) is 32.7 Å². The second-order valence-corrected chi connectivity index (χ2v) is 6.73. The van der Waals surface area contributed by atoms with Gasteiger partial charge in [0.05, 0.1) is 12.2 Å². The standard InChI is InChI=1S/C17H26N6O2/c1-21(2)10-7-19-16(24)15-11-13-12-22(8-4-9-23(13)20-15)17(25)14-5-3-6-18-14/h3,5,11,14,18H,4,6-10,12H2,1-2H3,(H,19,24). The minimum absolute atomic E-state index is 0.0837. The number of carbonyl (C=O) groups is 2. The molecule has 2 N–H and O–H groups in total. The lowest BCUT2D eigenvalue weighted by Crippen LogP contribution is -2.43. The van der Waals surface area contributed by atoms with E-state index in [2.05, 4.69) is 15.7 Å². The predicted octanol–water partition coefficient (Wildman–Crippen LogP) is -0.565. The summed E-state index contributed by atoms with van der Waals surface area (Å²) in [5, 5.41) is 10.5. The molecule has 0 fully saturated rings. The van der Waals surface area contributed by atoms with Gasteiger partial charge < -0.3 is 15.1 Å². The molecule has 2 aliphatic rings. The SMILES string of the molecule is CN(C)CCNC(=O)c1cc2n(n1)CCCN(C(=O)C1C=CCN1)C2. The zero-order valence-corrected chi connectivity index (χ0v) is 14.9. The van der Waals surface area contributed by atoms with Gasteiger partial charge in [-0.05, 0) is 26.6 Å². The van der Waals surface area contributed by atoms with Crippen LogP contribution in [0.3, 0.4) is 0 Å². The van der Waals surface area contributed by atoms with E-state index < -0.39 is 0 Å². The first-order valence-electron chi connectivity index (χ1n) is 8.73. The van der Waals surface area contributed by atoms with Crippen LogP contribution < -0.4 is 10.6 Å². The second kappa shape index (κ2) is 7.79. The van der Waals surface area contributed by atoms with Gasteiger partial charge in [0.1, 0.15) is 6.04 Å². The van der Waals surface area contributed by atoms with Crippen molar-refractivity contribution in [3.8, 4) is 0 Å². The Labute approximate surface area is 147 Å². The molecule has 3 rings (SSSR count). The van der Waals surface area contributed by atoms with Gasteiger partial charge in [0.2, 0.25) is 5.91 Å². The smallest absolute Gasteiger partial charge is 0.271 e. The van der Waals surface area contributed by atoms with Crippen LogP contribution >= 0.6 is 0 Å². The van der Waals surface area contributed by atoms with Crippen LogP contribution in [0, 0.1) is 0 Å². The maximum absolute atomic E-state index is 12.6. The lowest BCUT2D eigenvalue weighted by molar-refractivity contribution is -0.132. The van der Waals surface area contributed by atoms with Crippen LogP contribution in [0.1, 0.15) is 22.6 Å². The lowest BCUT2D eigenvalue weighted by atomic mass is 10.2. The Morgan fingerprint density at radius 3 is 2.96 bits per heavy atom. The van der Waals surface area contributed by atoms with Crippen molar-refractivity contribution in [3.05, 3.63) is 29.6 Å². The van der Waals surface area contributed by atoms with Crippen LogP contribution in [0.5, 0.6) is 0 Å². The fraction of sp³-hybridized carbons (Fsp3) is 0.588. The monoisotopic (exact) mass is 346 g/mol. The van der Waals surface area contributed by atoms with Gasteiger partial charge in [-0.1, -0.05) is 12.2 Å². The van der Waals surface area contributed by atoms with E-state index in [1.165, 1.54) is 0 Å². The minimum atomic E-state index is -0.233. The number of hydrogen-bond donors (Lipinski definition) is 2. The van der Waals surface area contributed by atoms with Gasteiger partial charge in [-0.15, -0.1) is 0 Å². The summed E-state index contributed by atoms with van der Waals surface area (Å²) in [6, 6.07) is 1.57. The molecular formula is C17H26N6O2. The topological polar surface area (TPSA) is 82.5 Å². The second-order valence-electron chi connectivity index (χ2n) is 6.73. The number of nitrogens with one attached hydrogen (secondary N) is 2. The number of hydrogen-bond acceptors (Lipinski definition) is 5. The lowest BCUT2D eigenvalue weighted by Gasteiger charge is -2.23. The number of fused-ring (bicyclic) bond motifs is 1. The van der Waals surface area contributed by atoms with Crippen molar-refractivity contribution >= 4 is 11.8 Å². The molecule has 8 nitrogen and oxygen atoms in total.